The van der Waals surface area contributed by atoms with Crippen LogP contribution in [-0.4, -0.2) is 36.3 Å². The van der Waals surface area contributed by atoms with Crippen LogP contribution in [0.3, 0.4) is 0 Å². The number of nitrogens with one attached hydrogen (secondary N) is 1. The van der Waals surface area contributed by atoms with Crippen LogP contribution in [0.1, 0.15) is 45.4 Å². The zero-order valence-electron chi connectivity index (χ0n) is 10.3. The highest BCUT2D eigenvalue weighted by molar-refractivity contribution is 5.97. The molecule has 0 spiro atoms. The summed E-state index contributed by atoms with van der Waals surface area (Å²) in [6.07, 6.45) is 4.86. The predicted molar refractivity (Wildman–Crippen MR) is 62.9 cm³/mol. The maximum Gasteiger partial charge on any atom is 0.229 e. The van der Waals surface area contributed by atoms with Crippen LogP contribution < -0.4 is 5.32 Å². The summed E-state index contributed by atoms with van der Waals surface area (Å²) in [5.74, 6) is 0.00482. The molecule has 0 aromatic heterocycles. The van der Waals surface area contributed by atoms with Gasteiger partial charge in [-0.2, -0.15) is 0 Å². The molecule has 1 atom stereocenters. The lowest BCUT2D eigenvalue weighted by Gasteiger charge is -2.26. The lowest BCUT2D eigenvalue weighted by Crippen LogP contribution is -2.42. The van der Waals surface area contributed by atoms with E-state index in [0.717, 1.165) is 25.7 Å². The van der Waals surface area contributed by atoms with E-state index in [0.29, 0.717) is 25.4 Å². The summed E-state index contributed by atoms with van der Waals surface area (Å²) in [5.41, 5.74) is 0. The molecule has 0 bridgehead atoms. The molecule has 1 heterocycles. The molecule has 1 N–H and O–H groups in total. The van der Waals surface area contributed by atoms with Gasteiger partial charge in [-0.3, -0.25) is 14.5 Å². The average molecular weight is 226 g/mol. The Labute approximate surface area is 97.4 Å². The van der Waals surface area contributed by atoms with Crippen molar-refractivity contribution in [3.05, 3.63) is 0 Å². The van der Waals surface area contributed by atoms with Gasteiger partial charge in [0, 0.05) is 25.4 Å². The fourth-order valence-corrected chi connectivity index (χ4v) is 2.12. The van der Waals surface area contributed by atoms with Crippen LogP contribution in [0.4, 0.5) is 0 Å². The quantitative estimate of drug-likeness (QED) is 0.695. The smallest absolute Gasteiger partial charge is 0.229 e. The number of imide groups is 1. The number of amides is 2. The molecule has 4 heteroatoms. The van der Waals surface area contributed by atoms with Gasteiger partial charge < -0.3 is 5.32 Å². The zero-order chi connectivity index (χ0) is 12.0. The molecule has 0 aromatic carbocycles. The molecular weight excluding hydrogens is 204 g/mol. The van der Waals surface area contributed by atoms with Gasteiger partial charge in [0.25, 0.3) is 0 Å². The zero-order valence-corrected chi connectivity index (χ0v) is 10.3. The largest absolute Gasteiger partial charge is 0.317 e. The van der Waals surface area contributed by atoms with Crippen molar-refractivity contribution in [2.24, 2.45) is 0 Å². The van der Waals surface area contributed by atoms with Crippen molar-refractivity contribution in [2.75, 3.05) is 13.6 Å². The number of piperidine rings is 1. The number of hydrogen-bond donors (Lipinski definition) is 1. The highest BCUT2D eigenvalue weighted by Gasteiger charge is 2.25. The normalized spacial score (nSPS) is 19.0. The van der Waals surface area contributed by atoms with E-state index in [1.165, 1.54) is 4.90 Å². The molecule has 1 rings (SSSR count). The molecule has 2 amide bonds. The van der Waals surface area contributed by atoms with E-state index in [4.69, 9.17) is 0 Å². The fraction of sp³-hybridized carbons (Fsp3) is 0.833. The molecule has 0 saturated carbocycles. The number of hydrogen-bond acceptors (Lipinski definition) is 3. The summed E-state index contributed by atoms with van der Waals surface area (Å²) in [6.45, 7) is 2.71. The predicted octanol–water partition coefficient (Wildman–Crippen LogP) is 1.30. The Kier molecular flexibility index (Phi) is 5.46. The molecule has 1 saturated heterocycles. The summed E-state index contributed by atoms with van der Waals surface area (Å²) in [6, 6.07) is 0.410. The second-order valence-corrected chi connectivity index (χ2v) is 4.36. The van der Waals surface area contributed by atoms with Gasteiger partial charge in [0.15, 0.2) is 0 Å². The summed E-state index contributed by atoms with van der Waals surface area (Å²) in [7, 11) is 1.93. The lowest BCUT2D eigenvalue weighted by atomic mass is 10.1. The molecule has 1 fully saturated rings. The first kappa shape index (κ1) is 13.2. The Balaban J connectivity index is 2.39. The second-order valence-electron chi connectivity index (χ2n) is 4.36. The van der Waals surface area contributed by atoms with Crippen LogP contribution in [0.5, 0.6) is 0 Å². The van der Waals surface area contributed by atoms with E-state index in [1.54, 1.807) is 0 Å². The molecule has 4 nitrogen and oxygen atoms in total. The Bertz CT molecular complexity index is 237. The van der Waals surface area contributed by atoms with Gasteiger partial charge in [0.05, 0.1) is 0 Å². The van der Waals surface area contributed by atoms with Gasteiger partial charge in [-0.25, -0.2) is 0 Å². The first-order valence-corrected chi connectivity index (χ1v) is 6.19. The number of carbonyl (C=O) groups is 2. The minimum absolute atomic E-state index is 0.00241. The second kappa shape index (κ2) is 6.63. The third-order valence-corrected chi connectivity index (χ3v) is 3.13. The molecule has 1 aliphatic rings. The third-order valence-electron chi connectivity index (χ3n) is 3.13. The SMILES string of the molecule is CCCC(CCN1C(=O)CCCC1=O)NC. The molecule has 0 radical (unpaired) electrons. The van der Waals surface area contributed by atoms with Crippen molar-refractivity contribution in [1.29, 1.82) is 0 Å². The molecule has 16 heavy (non-hydrogen) atoms. The van der Waals surface area contributed by atoms with E-state index in [-0.39, 0.29) is 11.8 Å². The van der Waals surface area contributed by atoms with Gasteiger partial charge in [0.1, 0.15) is 0 Å². The van der Waals surface area contributed by atoms with Crippen molar-refractivity contribution >= 4 is 11.8 Å². The Hall–Kier alpha value is -0.900. The third kappa shape index (κ3) is 3.59. The van der Waals surface area contributed by atoms with Gasteiger partial charge in [-0.15, -0.1) is 0 Å². The van der Waals surface area contributed by atoms with Crippen LogP contribution in [0.15, 0.2) is 0 Å². The molecule has 0 aliphatic carbocycles. The minimum atomic E-state index is 0.00241. The van der Waals surface area contributed by atoms with Crippen LogP contribution in [0.2, 0.25) is 0 Å². The number of likely N-dealkylation sites (tertiary alicyclic amines) is 1. The molecule has 1 unspecified atom stereocenters. The van der Waals surface area contributed by atoms with E-state index in [9.17, 15) is 9.59 Å². The standard InChI is InChI=1S/C12H22N2O2/c1-3-5-10(13-2)8-9-14-11(15)6-4-7-12(14)16/h10,13H,3-9H2,1-2H3. The molecule has 92 valence electrons. The van der Waals surface area contributed by atoms with Crippen LogP contribution in [0.25, 0.3) is 0 Å². The monoisotopic (exact) mass is 226 g/mol. The number of nitrogens with zero attached hydrogens (tertiary/aromatic N) is 1. The van der Waals surface area contributed by atoms with Gasteiger partial charge in [-0.1, -0.05) is 13.3 Å². The van der Waals surface area contributed by atoms with Crippen molar-refractivity contribution in [3.63, 3.8) is 0 Å². The van der Waals surface area contributed by atoms with E-state index in [2.05, 4.69) is 12.2 Å². The number of rotatable bonds is 6. The van der Waals surface area contributed by atoms with Crippen molar-refractivity contribution in [2.45, 2.75) is 51.5 Å². The summed E-state index contributed by atoms with van der Waals surface area (Å²) < 4.78 is 0. The van der Waals surface area contributed by atoms with E-state index in [1.807, 2.05) is 7.05 Å². The highest BCUT2D eigenvalue weighted by atomic mass is 16.2. The van der Waals surface area contributed by atoms with Crippen molar-refractivity contribution in [1.82, 2.24) is 10.2 Å². The van der Waals surface area contributed by atoms with Gasteiger partial charge >= 0.3 is 0 Å². The maximum atomic E-state index is 11.5. The Morgan fingerprint density at radius 2 is 1.88 bits per heavy atom. The first-order chi connectivity index (χ1) is 7.69. The Morgan fingerprint density at radius 1 is 1.25 bits per heavy atom. The average Bonchev–Trinajstić information content (AvgIpc) is 2.27. The van der Waals surface area contributed by atoms with Crippen LogP contribution in [-0.2, 0) is 9.59 Å². The highest BCUT2D eigenvalue weighted by Crippen LogP contribution is 2.13. The Morgan fingerprint density at radius 3 is 2.38 bits per heavy atom. The lowest BCUT2D eigenvalue weighted by molar-refractivity contribution is -0.148. The first-order valence-electron chi connectivity index (χ1n) is 6.19. The molecular formula is C12H22N2O2. The summed E-state index contributed by atoms with van der Waals surface area (Å²) in [5, 5.41) is 3.22. The van der Waals surface area contributed by atoms with Crippen molar-refractivity contribution in [3.8, 4) is 0 Å². The van der Waals surface area contributed by atoms with E-state index < -0.39 is 0 Å². The molecule has 1 aliphatic heterocycles. The van der Waals surface area contributed by atoms with Crippen molar-refractivity contribution < 1.29 is 9.59 Å². The summed E-state index contributed by atoms with van der Waals surface area (Å²) >= 11 is 0. The summed E-state index contributed by atoms with van der Waals surface area (Å²) in [4.78, 5) is 24.5. The minimum Gasteiger partial charge on any atom is -0.317 e. The topological polar surface area (TPSA) is 49.4 Å². The number of carbonyl (C=O) groups excluding carboxylic acids is 2. The van der Waals surface area contributed by atoms with Crippen LogP contribution in [0, 0.1) is 0 Å². The van der Waals surface area contributed by atoms with E-state index >= 15 is 0 Å². The van der Waals surface area contributed by atoms with Gasteiger partial charge in [-0.05, 0) is 26.3 Å². The van der Waals surface area contributed by atoms with Crippen LogP contribution >= 0.6 is 0 Å². The van der Waals surface area contributed by atoms with Gasteiger partial charge in [0.2, 0.25) is 11.8 Å². The molecule has 0 aromatic rings. The fourth-order valence-electron chi connectivity index (χ4n) is 2.12. The maximum absolute atomic E-state index is 11.5.